The van der Waals surface area contributed by atoms with E-state index in [0.29, 0.717) is 5.65 Å². The molecule has 1 aliphatic rings. The smallest absolute Gasteiger partial charge is 0.388 e. The van der Waals surface area contributed by atoms with Crippen molar-refractivity contribution in [3.8, 4) is 0 Å². The first kappa shape index (κ1) is 20.2. The number of amides is 1. The Labute approximate surface area is 168 Å². The Balaban J connectivity index is 1.71. The van der Waals surface area contributed by atoms with Crippen molar-refractivity contribution in [3.05, 3.63) is 59.3 Å². The number of nitrogens with one attached hydrogen (secondary N) is 1. The summed E-state index contributed by atoms with van der Waals surface area (Å²) < 4.78 is 45.4. The molecule has 158 valence electrons. The molecular formula is C19H18F3N5O3. The van der Waals surface area contributed by atoms with Gasteiger partial charge in [0, 0.05) is 31.6 Å². The number of carbonyl (C=O) groups is 1. The first-order valence-corrected chi connectivity index (χ1v) is 9.13. The molecule has 1 saturated heterocycles. The molecule has 4 heterocycles. The number of carbonyl (C=O) groups excluding carboxylic acids is 1. The number of hydrogen-bond acceptors (Lipinski definition) is 6. The number of nitrogens with zero attached hydrogens (tertiary/aromatic N) is 4. The van der Waals surface area contributed by atoms with Crippen molar-refractivity contribution in [3.63, 3.8) is 0 Å². The summed E-state index contributed by atoms with van der Waals surface area (Å²) in [4.78, 5) is 20.8. The van der Waals surface area contributed by atoms with Crippen molar-refractivity contribution < 1.29 is 27.8 Å². The summed E-state index contributed by atoms with van der Waals surface area (Å²) in [5.74, 6) is -0.567. The van der Waals surface area contributed by atoms with E-state index in [1.807, 2.05) is 6.92 Å². The van der Waals surface area contributed by atoms with Gasteiger partial charge in [-0.05, 0) is 24.1 Å². The molecule has 0 saturated carbocycles. The summed E-state index contributed by atoms with van der Waals surface area (Å²) in [6.07, 6.45) is 0.0374. The number of aromatic nitrogens is 4. The lowest BCUT2D eigenvalue weighted by molar-refractivity contribution is -0.141. The van der Waals surface area contributed by atoms with Crippen LogP contribution in [-0.2, 0) is 16.5 Å². The van der Waals surface area contributed by atoms with Crippen molar-refractivity contribution in [2.24, 2.45) is 0 Å². The first-order chi connectivity index (χ1) is 14.2. The maximum Gasteiger partial charge on any atom is 0.433 e. The summed E-state index contributed by atoms with van der Waals surface area (Å²) in [5.41, 5.74) is -0.833. The zero-order chi connectivity index (χ0) is 21.5. The van der Waals surface area contributed by atoms with Crippen LogP contribution in [0, 0.1) is 6.92 Å². The van der Waals surface area contributed by atoms with E-state index in [4.69, 9.17) is 4.74 Å². The van der Waals surface area contributed by atoms with E-state index in [1.54, 1.807) is 12.4 Å². The minimum atomic E-state index is -4.59. The molecule has 3 aromatic rings. The molecular weight excluding hydrogens is 403 g/mol. The van der Waals surface area contributed by atoms with Crippen LogP contribution in [0.1, 0.15) is 33.6 Å². The lowest BCUT2D eigenvalue weighted by atomic mass is 9.81. The number of alkyl halides is 3. The number of halogens is 3. The molecule has 0 aromatic carbocycles. The fourth-order valence-corrected chi connectivity index (χ4v) is 3.52. The number of aryl methyl sites for hydroxylation is 1. The standard InChI is InChI=1S/C19H18F3N5O3/c1-11-6-24-16-13(8-25-27(16)9-11)17(29)26-18(4-5-30-10-15(18)28)12-2-3-14(23-7-12)19(20,21)22/h2-3,6-9,15,28H,4-5,10H2,1H3,(H,26,29)/t15?,18-/m1/s1. The number of aliphatic hydroxyl groups excluding tert-OH is 1. The number of pyridine rings is 1. The van der Waals surface area contributed by atoms with Gasteiger partial charge in [0.25, 0.3) is 5.91 Å². The molecule has 0 aliphatic carbocycles. The Kier molecular flexibility index (Phi) is 4.94. The third-order valence-corrected chi connectivity index (χ3v) is 5.12. The predicted molar refractivity (Wildman–Crippen MR) is 97.6 cm³/mol. The van der Waals surface area contributed by atoms with Crippen LogP contribution in [0.15, 0.2) is 36.9 Å². The quantitative estimate of drug-likeness (QED) is 0.670. The highest BCUT2D eigenvalue weighted by Gasteiger charge is 2.45. The second-order valence-electron chi connectivity index (χ2n) is 7.15. The van der Waals surface area contributed by atoms with E-state index >= 15 is 0 Å². The van der Waals surface area contributed by atoms with Crippen LogP contribution in [0.4, 0.5) is 13.2 Å². The summed E-state index contributed by atoms with van der Waals surface area (Å²) in [6.45, 7) is 1.94. The molecule has 4 rings (SSSR count). The largest absolute Gasteiger partial charge is 0.433 e. The van der Waals surface area contributed by atoms with Gasteiger partial charge in [-0.1, -0.05) is 6.07 Å². The van der Waals surface area contributed by atoms with Gasteiger partial charge >= 0.3 is 6.18 Å². The van der Waals surface area contributed by atoms with Crippen LogP contribution in [0.5, 0.6) is 0 Å². The Bertz CT molecular complexity index is 1080. The Morgan fingerprint density at radius 3 is 2.77 bits per heavy atom. The van der Waals surface area contributed by atoms with Gasteiger partial charge in [0.1, 0.15) is 17.4 Å². The molecule has 0 bridgehead atoms. The van der Waals surface area contributed by atoms with Gasteiger partial charge in [0.15, 0.2) is 5.65 Å². The monoisotopic (exact) mass is 421 g/mol. The number of ether oxygens (including phenoxy) is 1. The average Bonchev–Trinajstić information content (AvgIpc) is 3.12. The Morgan fingerprint density at radius 2 is 2.10 bits per heavy atom. The maximum absolute atomic E-state index is 13.1. The lowest BCUT2D eigenvalue weighted by Crippen LogP contribution is -2.58. The summed E-state index contributed by atoms with van der Waals surface area (Å²) in [7, 11) is 0. The van der Waals surface area contributed by atoms with Crippen LogP contribution >= 0.6 is 0 Å². The molecule has 1 amide bonds. The highest BCUT2D eigenvalue weighted by molar-refractivity contribution is 6.00. The summed E-state index contributed by atoms with van der Waals surface area (Å²) in [5, 5.41) is 17.6. The predicted octanol–water partition coefficient (Wildman–Crippen LogP) is 1.86. The third kappa shape index (κ3) is 3.50. The van der Waals surface area contributed by atoms with E-state index in [0.717, 1.165) is 17.8 Å². The molecule has 8 nitrogen and oxygen atoms in total. The molecule has 1 aliphatic heterocycles. The number of fused-ring (bicyclic) bond motifs is 1. The third-order valence-electron chi connectivity index (χ3n) is 5.12. The fourth-order valence-electron chi connectivity index (χ4n) is 3.52. The normalized spacial score (nSPS) is 22.2. The van der Waals surface area contributed by atoms with E-state index in [2.05, 4.69) is 20.4 Å². The van der Waals surface area contributed by atoms with Crippen LogP contribution in [0.25, 0.3) is 5.65 Å². The van der Waals surface area contributed by atoms with Gasteiger partial charge in [-0.3, -0.25) is 9.78 Å². The molecule has 1 unspecified atom stereocenters. The topological polar surface area (TPSA) is 102 Å². The molecule has 30 heavy (non-hydrogen) atoms. The molecule has 11 heteroatoms. The van der Waals surface area contributed by atoms with Gasteiger partial charge in [-0.15, -0.1) is 0 Å². The Morgan fingerprint density at radius 1 is 1.30 bits per heavy atom. The van der Waals surface area contributed by atoms with Gasteiger partial charge in [0.2, 0.25) is 0 Å². The van der Waals surface area contributed by atoms with Crippen molar-refractivity contribution in [1.29, 1.82) is 0 Å². The van der Waals surface area contributed by atoms with Gasteiger partial charge < -0.3 is 15.2 Å². The molecule has 2 atom stereocenters. The van der Waals surface area contributed by atoms with E-state index in [-0.39, 0.29) is 30.8 Å². The van der Waals surface area contributed by atoms with E-state index in [1.165, 1.54) is 16.8 Å². The van der Waals surface area contributed by atoms with Crippen LogP contribution in [-0.4, -0.2) is 49.9 Å². The van der Waals surface area contributed by atoms with E-state index in [9.17, 15) is 23.1 Å². The van der Waals surface area contributed by atoms with Gasteiger partial charge in [-0.25, -0.2) is 9.50 Å². The number of aliphatic hydroxyl groups is 1. The zero-order valence-corrected chi connectivity index (χ0v) is 15.8. The van der Waals surface area contributed by atoms with Crippen molar-refractivity contribution in [2.75, 3.05) is 13.2 Å². The van der Waals surface area contributed by atoms with E-state index < -0.39 is 29.4 Å². The molecule has 1 fully saturated rings. The zero-order valence-electron chi connectivity index (χ0n) is 15.8. The van der Waals surface area contributed by atoms with Crippen molar-refractivity contribution in [1.82, 2.24) is 24.9 Å². The molecule has 0 spiro atoms. The SMILES string of the molecule is Cc1cnc2c(C(=O)N[C@@]3(c4ccc(C(F)(F)F)nc4)CCOCC3O)cnn2c1. The average molecular weight is 421 g/mol. The van der Waals surface area contributed by atoms with Gasteiger partial charge in [-0.2, -0.15) is 18.3 Å². The molecule has 3 aromatic heterocycles. The summed E-state index contributed by atoms with van der Waals surface area (Å²) in [6, 6.07) is 2.04. The number of hydrogen-bond donors (Lipinski definition) is 2. The summed E-state index contributed by atoms with van der Waals surface area (Å²) >= 11 is 0. The molecule has 2 N–H and O–H groups in total. The second kappa shape index (κ2) is 7.33. The fraction of sp³-hybridized carbons (Fsp3) is 0.368. The maximum atomic E-state index is 13.1. The lowest BCUT2D eigenvalue weighted by Gasteiger charge is -2.42. The van der Waals surface area contributed by atoms with Crippen LogP contribution < -0.4 is 5.32 Å². The van der Waals surface area contributed by atoms with Crippen molar-refractivity contribution >= 4 is 11.6 Å². The minimum Gasteiger partial charge on any atom is -0.388 e. The second-order valence-corrected chi connectivity index (χ2v) is 7.15. The van der Waals surface area contributed by atoms with Gasteiger partial charge in [0.05, 0.1) is 18.3 Å². The van der Waals surface area contributed by atoms with Crippen molar-refractivity contribution in [2.45, 2.75) is 31.2 Å². The first-order valence-electron chi connectivity index (χ1n) is 9.13. The Hall–Kier alpha value is -3.05. The highest BCUT2D eigenvalue weighted by atomic mass is 19.4. The molecule has 0 radical (unpaired) electrons. The highest BCUT2D eigenvalue weighted by Crippen LogP contribution is 2.35. The minimum absolute atomic E-state index is 0.0898. The van der Waals surface area contributed by atoms with Crippen LogP contribution in [0.3, 0.4) is 0 Å². The van der Waals surface area contributed by atoms with Crippen LogP contribution in [0.2, 0.25) is 0 Å². The number of rotatable bonds is 3.